The van der Waals surface area contributed by atoms with Crippen LogP contribution in [0.5, 0.6) is 11.5 Å². The molecule has 1 aliphatic carbocycles. The molecule has 2 aliphatic rings. The van der Waals surface area contributed by atoms with E-state index in [4.69, 9.17) is 15.2 Å². The van der Waals surface area contributed by atoms with E-state index in [0.717, 1.165) is 44.6 Å². The summed E-state index contributed by atoms with van der Waals surface area (Å²) in [5.74, 6) is 1.21. The number of hydrogen-bond acceptors (Lipinski definition) is 4. The SMILES string of the molecule is NC1CC(Oc2ccc(C3(c4ccc(O)cc4)CCOCC3)cc2)C1. The van der Waals surface area contributed by atoms with E-state index in [2.05, 4.69) is 24.3 Å². The van der Waals surface area contributed by atoms with Crippen molar-refractivity contribution < 1.29 is 14.6 Å². The lowest BCUT2D eigenvalue weighted by molar-refractivity contribution is 0.0630. The monoisotopic (exact) mass is 339 g/mol. The molecule has 0 unspecified atom stereocenters. The van der Waals surface area contributed by atoms with Crippen molar-refractivity contribution in [2.45, 2.75) is 43.2 Å². The van der Waals surface area contributed by atoms with Crippen LogP contribution in [0, 0.1) is 0 Å². The molecule has 3 N–H and O–H groups in total. The van der Waals surface area contributed by atoms with Gasteiger partial charge in [0.1, 0.15) is 17.6 Å². The molecule has 2 fully saturated rings. The van der Waals surface area contributed by atoms with Crippen LogP contribution >= 0.6 is 0 Å². The largest absolute Gasteiger partial charge is 0.508 e. The topological polar surface area (TPSA) is 64.7 Å². The van der Waals surface area contributed by atoms with E-state index < -0.39 is 0 Å². The Bertz CT molecular complexity index is 699. The molecular weight excluding hydrogens is 314 g/mol. The third-order valence-electron chi connectivity index (χ3n) is 5.61. The van der Waals surface area contributed by atoms with Crippen molar-refractivity contribution in [1.82, 2.24) is 0 Å². The van der Waals surface area contributed by atoms with E-state index in [1.807, 2.05) is 12.1 Å². The predicted octanol–water partition coefficient (Wildman–Crippen LogP) is 3.36. The van der Waals surface area contributed by atoms with Crippen LogP contribution in [0.2, 0.25) is 0 Å². The zero-order chi connectivity index (χ0) is 17.3. The van der Waals surface area contributed by atoms with Crippen LogP contribution in [-0.4, -0.2) is 30.5 Å². The highest BCUT2D eigenvalue weighted by molar-refractivity contribution is 5.43. The maximum Gasteiger partial charge on any atom is 0.119 e. The third-order valence-corrected chi connectivity index (χ3v) is 5.61. The second-order valence-corrected chi connectivity index (χ2v) is 7.24. The second-order valence-electron chi connectivity index (χ2n) is 7.24. The van der Waals surface area contributed by atoms with Gasteiger partial charge in [0, 0.05) is 24.7 Å². The number of ether oxygens (including phenoxy) is 2. The van der Waals surface area contributed by atoms with Gasteiger partial charge >= 0.3 is 0 Å². The van der Waals surface area contributed by atoms with Gasteiger partial charge in [-0.25, -0.2) is 0 Å². The molecule has 4 heteroatoms. The summed E-state index contributed by atoms with van der Waals surface area (Å²) in [6, 6.07) is 16.4. The van der Waals surface area contributed by atoms with Crippen molar-refractivity contribution in [3.05, 3.63) is 59.7 Å². The van der Waals surface area contributed by atoms with Gasteiger partial charge in [0.05, 0.1) is 0 Å². The first kappa shape index (κ1) is 16.4. The molecular formula is C21H25NO3. The lowest BCUT2D eigenvalue weighted by atomic mass is 9.69. The molecule has 132 valence electrons. The Balaban J connectivity index is 1.60. The molecule has 0 spiro atoms. The number of hydrogen-bond donors (Lipinski definition) is 2. The van der Waals surface area contributed by atoms with E-state index in [0.29, 0.717) is 11.8 Å². The summed E-state index contributed by atoms with van der Waals surface area (Å²) in [5, 5.41) is 9.63. The minimum Gasteiger partial charge on any atom is -0.508 e. The Hall–Kier alpha value is -2.04. The highest BCUT2D eigenvalue weighted by Crippen LogP contribution is 2.42. The summed E-state index contributed by atoms with van der Waals surface area (Å²) in [7, 11) is 0. The summed E-state index contributed by atoms with van der Waals surface area (Å²) in [4.78, 5) is 0. The van der Waals surface area contributed by atoms with Crippen LogP contribution in [0.25, 0.3) is 0 Å². The van der Waals surface area contributed by atoms with Gasteiger partial charge in [-0.3, -0.25) is 0 Å². The van der Waals surface area contributed by atoms with Gasteiger partial charge in [0.25, 0.3) is 0 Å². The fraction of sp³-hybridized carbons (Fsp3) is 0.429. The first-order valence-corrected chi connectivity index (χ1v) is 9.06. The normalized spacial score (nSPS) is 25.2. The zero-order valence-corrected chi connectivity index (χ0v) is 14.4. The molecule has 1 aliphatic heterocycles. The average molecular weight is 339 g/mol. The molecule has 1 heterocycles. The van der Waals surface area contributed by atoms with Crippen molar-refractivity contribution >= 4 is 0 Å². The highest BCUT2D eigenvalue weighted by Gasteiger charge is 2.36. The molecule has 0 amide bonds. The Kier molecular flexibility index (Phi) is 4.40. The number of phenolic OH excluding ortho intramolecular Hbond substituents is 1. The van der Waals surface area contributed by atoms with Crippen LogP contribution < -0.4 is 10.5 Å². The summed E-state index contributed by atoms with van der Waals surface area (Å²) < 4.78 is 11.6. The number of aromatic hydroxyl groups is 1. The van der Waals surface area contributed by atoms with Gasteiger partial charge in [-0.15, -0.1) is 0 Å². The highest BCUT2D eigenvalue weighted by atomic mass is 16.5. The number of rotatable bonds is 4. The second kappa shape index (κ2) is 6.70. The molecule has 0 bridgehead atoms. The summed E-state index contributed by atoms with van der Waals surface area (Å²) in [5.41, 5.74) is 8.27. The Morgan fingerprint density at radius 1 is 0.920 bits per heavy atom. The molecule has 2 aromatic rings. The number of nitrogens with two attached hydrogens (primary N) is 1. The van der Waals surface area contributed by atoms with Crippen LogP contribution in [0.15, 0.2) is 48.5 Å². The Labute approximate surface area is 148 Å². The smallest absolute Gasteiger partial charge is 0.119 e. The first-order valence-electron chi connectivity index (χ1n) is 9.06. The van der Waals surface area contributed by atoms with Crippen LogP contribution in [-0.2, 0) is 10.2 Å². The fourth-order valence-corrected chi connectivity index (χ4v) is 3.99. The zero-order valence-electron chi connectivity index (χ0n) is 14.4. The van der Waals surface area contributed by atoms with Crippen molar-refractivity contribution in [1.29, 1.82) is 0 Å². The van der Waals surface area contributed by atoms with Crippen molar-refractivity contribution in [2.75, 3.05) is 13.2 Å². The van der Waals surface area contributed by atoms with Crippen molar-refractivity contribution in [3.63, 3.8) is 0 Å². The molecule has 0 aromatic heterocycles. The number of phenols is 1. The summed E-state index contributed by atoms with van der Waals surface area (Å²) in [6.45, 7) is 1.50. The molecule has 0 radical (unpaired) electrons. The predicted molar refractivity (Wildman–Crippen MR) is 97.0 cm³/mol. The van der Waals surface area contributed by atoms with Crippen molar-refractivity contribution in [2.24, 2.45) is 5.73 Å². The maximum absolute atomic E-state index is 9.63. The van der Waals surface area contributed by atoms with Crippen LogP contribution in [0.4, 0.5) is 0 Å². The third kappa shape index (κ3) is 3.24. The molecule has 25 heavy (non-hydrogen) atoms. The van der Waals surface area contributed by atoms with Crippen LogP contribution in [0.1, 0.15) is 36.8 Å². The molecule has 4 nitrogen and oxygen atoms in total. The van der Waals surface area contributed by atoms with Gasteiger partial charge in [-0.05, 0) is 61.1 Å². The standard InChI is InChI=1S/C21H25NO3/c22-17-13-20(14-17)25-19-7-3-16(4-8-19)21(9-11-24-12-10-21)15-1-5-18(23)6-2-15/h1-8,17,20,23H,9-14,22H2. The molecule has 1 saturated heterocycles. The summed E-state index contributed by atoms with van der Waals surface area (Å²) in [6.07, 6.45) is 4.02. The van der Waals surface area contributed by atoms with Crippen molar-refractivity contribution in [3.8, 4) is 11.5 Å². The van der Waals surface area contributed by atoms with E-state index >= 15 is 0 Å². The Morgan fingerprint density at radius 3 is 2.04 bits per heavy atom. The Morgan fingerprint density at radius 2 is 1.48 bits per heavy atom. The lowest BCUT2D eigenvalue weighted by Crippen LogP contribution is -2.43. The van der Waals surface area contributed by atoms with E-state index in [9.17, 15) is 5.11 Å². The van der Waals surface area contributed by atoms with Gasteiger partial charge in [0.2, 0.25) is 0 Å². The fourth-order valence-electron chi connectivity index (χ4n) is 3.99. The molecule has 4 rings (SSSR count). The van der Waals surface area contributed by atoms with Gasteiger partial charge in [0.15, 0.2) is 0 Å². The minimum atomic E-state index is -0.0662. The lowest BCUT2D eigenvalue weighted by Gasteiger charge is -2.38. The number of benzene rings is 2. The van der Waals surface area contributed by atoms with Gasteiger partial charge < -0.3 is 20.3 Å². The quantitative estimate of drug-likeness (QED) is 0.896. The average Bonchev–Trinajstić information content (AvgIpc) is 2.62. The molecule has 1 saturated carbocycles. The van der Waals surface area contributed by atoms with E-state index in [-0.39, 0.29) is 11.5 Å². The minimum absolute atomic E-state index is 0.0662. The van der Waals surface area contributed by atoms with E-state index in [1.165, 1.54) is 11.1 Å². The van der Waals surface area contributed by atoms with E-state index in [1.54, 1.807) is 12.1 Å². The first-order chi connectivity index (χ1) is 12.2. The van der Waals surface area contributed by atoms with Crippen LogP contribution in [0.3, 0.4) is 0 Å². The maximum atomic E-state index is 9.63. The summed E-state index contributed by atoms with van der Waals surface area (Å²) >= 11 is 0. The molecule has 0 atom stereocenters. The van der Waals surface area contributed by atoms with Gasteiger partial charge in [-0.1, -0.05) is 24.3 Å². The van der Waals surface area contributed by atoms with Gasteiger partial charge in [-0.2, -0.15) is 0 Å². The molecule has 2 aromatic carbocycles.